The molecule has 4 aliphatic rings. The highest BCUT2D eigenvalue weighted by atomic mass is 16.6. The van der Waals surface area contributed by atoms with E-state index in [9.17, 15) is 24.0 Å². The summed E-state index contributed by atoms with van der Waals surface area (Å²) in [6, 6.07) is 0. The van der Waals surface area contributed by atoms with Crippen molar-refractivity contribution in [1.29, 1.82) is 0 Å². The van der Waals surface area contributed by atoms with E-state index >= 15 is 0 Å². The molecule has 4 rings (SSSR count). The molecule has 4 saturated carbocycles. The second-order valence-electron chi connectivity index (χ2n) is 16.8. The van der Waals surface area contributed by atoms with Crippen molar-refractivity contribution in [2.24, 2.45) is 57.6 Å². The summed E-state index contributed by atoms with van der Waals surface area (Å²) < 4.78 is 16.1. The number of nitrogens with two attached hydrogens (primary N) is 3. The van der Waals surface area contributed by atoms with Gasteiger partial charge in [0.25, 0.3) is 0 Å². The lowest BCUT2D eigenvalue weighted by atomic mass is 9.45. The molecule has 332 valence electrons. The first-order chi connectivity index (χ1) is 27.2. The van der Waals surface area contributed by atoms with Crippen molar-refractivity contribution in [3.63, 3.8) is 0 Å². The van der Waals surface area contributed by atoms with Crippen LogP contribution >= 0.6 is 0 Å². The number of carboxylic acids is 2. The zero-order valence-corrected chi connectivity index (χ0v) is 35.7. The maximum absolute atomic E-state index is 12.6. The maximum atomic E-state index is 12.6. The van der Waals surface area contributed by atoms with Crippen molar-refractivity contribution in [2.75, 3.05) is 39.5 Å². The first kappa shape index (κ1) is 52.2. The summed E-state index contributed by atoms with van der Waals surface area (Å²) >= 11 is 0. The lowest BCUT2D eigenvalue weighted by molar-refractivity contribution is -0.166. The molecular weight excluding hydrogens is 734 g/mol. The van der Waals surface area contributed by atoms with Crippen LogP contribution in [0.1, 0.15) is 156 Å². The van der Waals surface area contributed by atoms with Gasteiger partial charge in [-0.25, -0.2) is 0 Å². The molecule has 0 saturated heterocycles. The van der Waals surface area contributed by atoms with Crippen molar-refractivity contribution in [2.45, 2.75) is 162 Å². The molecule has 0 aromatic heterocycles. The van der Waals surface area contributed by atoms with Crippen LogP contribution in [0, 0.1) is 40.4 Å². The highest BCUT2D eigenvalue weighted by Crippen LogP contribution is 2.67. The molecule has 6 unspecified atom stereocenters. The first-order valence-corrected chi connectivity index (χ1v) is 21.8. The van der Waals surface area contributed by atoms with Gasteiger partial charge in [0.15, 0.2) is 6.10 Å². The molecule has 14 heteroatoms. The number of carbonyl (C=O) groups is 5. The molecule has 4 fully saturated rings. The van der Waals surface area contributed by atoms with Gasteiger partial charge in [0.05, 0.1) is 12.8 Å². The van der Waals surface area contributed by atoms with Gasteiger partial charge in [-0.05, 0) is 130 Å². The standard InChI is InChI=1S/C34H56O6.2C3H7NO2.C3H9NO/c1-5-10-30(35)38-22-26(40-32(37)11-6-2)23-39-31(36)14-9-13-25-16-18-28-27-17-15-24-12-7-8-20-33(24,3)29(27)19-21-34(25,28)4;2*4-2-1-3(5)6;4-2-1-3-5/h24-29H,5-23H2,1-4H3;2*1-2,4H2,(H,5,6);5H,1-4H2/t24?,25-,26?,27?,28?,29?,33-,34?;;;/m0.../s1. The molecule has 0 spiro atoms. The van der Waals surface area contributed by atoms with E-state index in [1.807, 2.05) is 13.8 Å². The van der Waals surface area contributed by atoms with E-state index in [0.29, 0.717) is 49.0 Å². The smallest absolute Gasteiger partial charge is 0.306 e. The van der Waals surface area contributed by atoms with Crippen LogP contribution in [0.3, 0.4) is 0 Å². The van der Waals surface area contributed by atoms with Gasteiger partial charge < -0.3 is 46.7 Å². The van der Waals surface area contributed by atoms with Gasteiger partial charge in [0, 0.05) is 39.0 Å². The predicted octanol–water partition coefficient (Wildman–Crippen LogP) is 5.97. The van der Waals surface area contributed by atoms with Crippen molar-refractivity contribution in [1.82, 2.24) is 0 Å². The molecular formula is C43H79N3O11. The fraction of sp³-hybridized carbons (Fsp3) is 0.884. The Morgan fingerprint density at radius 3 is 1.74 bits per heavy atom. The predicted molar refractivity (Wildman–Crippen MR) is 219 cm³/mol. The van der Waals surface area contributed by atoms with Crippen LogP contribution in [0.4, 0.5) is 0 Å². The van der Waals surface area contributed by atoms with Gasteiger partial charge in [0.1, 0.15) is 13.2 Å². The number of aliphatic hydroxyl groups is 1. The third-order valence-corrected chi connectivity index (χ3v) is 12.9. The largest absolute Gasteiger partial charge is 0.481 e. The van der Waals surface area contributed by atoms with Crippen molar-refractivity contribution in [3.05, 3.63) is 0 Å². The number of rotatable bonds is 19. The highest BCUT2D eigenvalue weighted by Gasteiger charge is 2.59. The average Bonchev–Trinajstić information content (AvgIpc) is 3.49. The summed E-state index contributed by atoms with van der Waals surface area (Å²) in [5, 5.41) is 23.7. The molecule has 0 heterocycles. The topological polar surface area (TPSA) is 252 Å². The molecule has 9 N–H and O–H groups in total. The number of hydrogen-bond acceptors (Lipinski definition) is 12. The van der Waals surface area contributed by atoms with Crippen molar-refractivity contribution < 1.29 is 53.5 Å². The summed E-state index contributed by atoms with van der Waals surface area (Å²) in [6.45, 7) is 10.2. The van der Waals surface area contributed by atoms with Crippen LogP contribution in [0.25, 0.3) is 0 Å². The molecule has 4 aliphatic carbocycles. The summed E-state index contributed by atoms with van der Waals surface area (Å²) in [5.74, 6) is 1.74. The Morgan fingerprint density at radius 1 is 0.649 bits per heavy atom. The minimum atomic E-state index is -0.836. The summed E-state index contributed by atoms with van der Waals surface area (Å²) in [5.41, 5.74) is 15.7. The Kier molecular flexibility index (Phi) is 26.2. The van der Waals surface area contributed by atoms with Crippen molar-refractivity contribution >= 4 is 29.8 Å². The summed E-state index contributed by atoms with van der Waals surface area (Å²) in [4.78, 5) is 55.4. The number of ether oxygens (including phenoxy) is 3. The lowest BCUT2D eigenvalue weighted by Gasteiger charge is -2.60. The zero-order chi connectivity index (χ0) is 42.9. The van der Waals surface area contributed by atoms with E-state index in [0.717, 1.165) is 42.9 Å². The minimum Gasteiger partial charge on any atom is -0.481 e. The molecule has 0 amide bonds. The third-order valence-electron chi connectivity index (χ3n) is 12.9. The Hall–Kier alpha value is -2.81. The number of aliphatic hydroxyl groups excluding tert-OH is 1. The molecule has 8 atom stereocenters. The first-order valence-electron chi connectivity index (χ1n) is 21.8. The fourth-order valence-electron chi connectivity index (χ4n) is 9.99. The molecule has 0 radical (unpaired) electrons. The van der Waals surface area contributed by atoms with Gasteiger partial charge in [-0.15, -0.1) is 0 Å². The average molecular weight is 814 g/mol. The van der Waals surface area contributed by atoms with E-state index in [1.165, 1.54) is 64.2 Å². The summed E-state index contributed by atoms with van der Waals surface area (Å²) in [7, 11) is 0. The van der Waals surface area contributed by atoms with Gasteiger partial charge in [0.2, 0.25) is 0 Å². The normalized spacial score (nSPS) is 27.4. The summed E-state index contributed by atoms with van der Waals surface area (Å²) in [6.07, 6.45) is 18.5. The van der Waals surface area contributed by atoms with Gasteiger partial charge >= 0.3 is 29.8 Å². The van der Waals surface area contributed by atoms with Gasteiger partial charge in [-0.3, -0.25) is 24.0 Å². The molecule has 0 aliphatic heterocycles. The zero-order valence-electron chi connectivity index (χ0n) is 35.7. The number of esters is 3. The Morgan fingerprint density at radius 2 is 1.23 bits per heavy atom. The van der Waals surface area contributed by atoms with E-state index in [4.69, 9.17) is 46.7 Å². The lowest BCUT2D eigenvalue weighted by Crippen LogP contribution is -2.52. The number of hydrogen-bond donors (Lipinski definition) is 6. The number of fused-ring (bicyclic) bond motifs is 5. The number of carboxylic acid groups (broad SMARTS) is 2. The molecule has 14 nitrogen and oxygen atoms in total. The van der Waals surface area contributed by atoms with Crippen molar-refractivity contribution in [3.8, 4) is 0 Å². The quantitative estimate of drug-likeness (QED) is 0.0649. The molecule has 0 aromatic rings. The Bertz CT molecular complexity index is 1170. The number of carbonyl (C=O) groups excluding carboxylic acids is 3. The molecule has 0 aromatic carbocycles. The Balaban J connectivity index is 0.000000799. The van der Waals surface area contributed by atoms with Gasteiger partial charge in [-0.2, -0.15) is 0 Å². The molecule has 57 heavy (non-hydrogen) atoms. The van der Waals surface area contributed by atoms with E-state index < -0.39 is 18.0 Å². The second-order valence-corrected chi connectivity index (χ2v) is 16.8. The monoisotopic (exact) mass is 814 g/mol. The highest BCUT2D eigenvalue weighted by molar-refractivity contribution is 5.71. The van der Waals surface area contributed by atoms with Crippen LogP contribution in [-0.2, 0) is 38.2 Å². The SMILES string of the molecule is CCCC(=O)OCC(COC(=O)CCC[C@H]1CCC2C3CCC4CCCC[C@]4(C)C3CCC21C)OC(=O)CCC.NCCC(=O)O.NCCC(=O)O.NCCCO. The second kappa shape index (κ2) is 28.6. The van der Waals surface area contributed by atoms with Crippen LogP contribution in [-0.4, -0.2) is 90.7 Å². The van der Waals surface area contributed by atoms with Crippen LogP contribution in [0.5, 0.6) is 0 Å². The Labute approximate surface area is 342 Å². The molecule has 0 bridgehead atoms. The minimum absolute atomic E-state index is 0.0694. The third kappa shape index (κ3) is 18.3. The maximum Gasteiger partial charge on any atom is 0.306 e. The van der Waals surface area contributed by atoms with Crippen LogP contribution in [0.15, 0.2) is 0 Å². The fourth-order valence-corrected chi connectivity index (χ4v) is 9.99. The van der Waals surface area contributed by atoms with Crippen LogP contribution < -0.4 is 17.2 Å². The number of aliphatic carboxylic acids is 2. The van der Waals surface area contributed by atoms with Crippen LogP contribution in [0.2, 0.25) is 0 Å². The van der Waals surface area contributed by atoms with E-state index in [2.05, 4.69) is 13.8 Å². The van der Waals surface area contributed by atoms with Gasteiger partial charge in [-0.1, -0.05) is 40.5 Å². The van der Waals surface area contributed by atoms with E-state index in [-0.39, 0.29) is 70.1 Å². The van der Waals surface area contributed by atoms with E-state index in [1.54, 1.807) is 0 Å².